The second kappa shape index (κ2) is 6.26. The summed E-state index contributed by atoms with van der Waals surface area (Å²) in [6.45, 7) is 4.00. The number of ether oxygens (including phenoxy) is 1. The molecule has 4 nitrogen and oxygen atoms in total. The monoisotopic (exact) mass is 264 g/mol. The third-order valence-corrected chi connectivity index (χ3v) is 3.90. The third kappa shape index (κ3) is 3.39. The van der Waals surface area contributed by atoms with Crippen LogP contribution < -0.4 is 10.5 Å². The minimum atomic E-state index is 0.187. The Bertz CT molecular complexity index is 421. The van der Waals surface area contributed by atoms with E-state index < -0.39 is 0 Å². The SMILES string of the molecule is COc1ccc(CN2CCCCC2C(C)N)cc1O. The van der Waals surface area contributed by atoms with Crippen molar-refractivity contribution in [3.8, 4) is 11.5 Å². The van der Waals surface area contributed by atoms with Crippen molar-refractivity contribution in [1.29, 1.82) is 0 Å². The maximum Gasteiger partial charge on any atom is 0.160 e. The standard InChI is InChI=1S/C15H24N2O2/c1-11(16)13-5-3-4-8-17(13)10-12-6-7-15(19-2)14(18)9-12/h6-7,9,11,13,18H,3-5,8,10,16H2,1-2H3. The molecule has 0 bridgehead atoms. The van der Waals surface area contributed by atoms with E-state index in [0.29, 0.717) is 11.8 Å². The van der Waals surface area contributed by atoms with Gasteiger partial charge in [0.15, 0.2) is 11.5 Å². The molecule has 0 aromatic heterocycles. The van der Waals surface area contributed by atoms with Gasteiger partial charge in [-0.2, -0.15) is 0 Å². The van der Waals surface area contributed by atoms with Crippen molar-refractivity contribution >= 4 is 0 Å². The number of methoxy groups -OCH3 is 1. The Morgan fingerprint density at radius 2 is 2.26 bits per heavy atom. The molecule has 19 heavy (non-hydrogen) atoms. The summed E-state index contributed by atoms with van der Waals surface area (Å²) >= 11 is 0. The van der Waals surface area contributed by atoms with Crippen LogP contribution in [0.2, 0.25) is 0 Å². The summed E-state index contributed by atoms with van der Waals surface area (Å²) in [7, 11) is 1.56. The molecule has 0 saturated carbocycles. The zero-order chi connectivity index (χ0) is 13.8. The fourth-order valence-corrected chi connectivity index (χ4v) is 2.88. The topological polar surface area (TPSA) is 58.7 Å². The van der Waals surface area contributed by atoms with Crippen LogP contribution in [-0.4, -0.2) is 35.7 Å². The Kier molecular flexibility index (Phi) is 4.66. The lowest BCUT2D eigenvalue weighted by molar-refractivity contribution is 0.123. The van der Waals surface area contributed by atoms with Crippen LogP contribution in [0.15, 0.2) is 18.2 Å². The fraction of sp³-hybridized carbons (Fsp3) is 0.600. The van der Waals surface area contributed by atoms with Crippen LogP contribution in [0, 0.1) is 0 Å². The van der Waals surface area contributed by atoms with Gasteiger partial charge in [-0.15, -0.1) is 0 Å². The van der Waals surface area contributed by atoms with Gasteiger partial charge in [0.05, 0.1) is 7.11 Å². The van der Waals surface area contributed by atoms with E-state index in [9.17, 15) is 5.11 Å². The number of rotatable bonds is 4. The number of hydrogen-bond acceptors (Lipinski definition) is 4. The van der Waals surface area contributed by atoms with E-state index in [1.54, 1.807) is 13.2 Å². The van der Waals surface area contributed by atoms with Crippen LogP contribution in [0.1, 0.15) is 31.7 Å². The molecule has 0 aliphatic carbocycles. The van der Waals surface area contributed by atoms with Crippen molar-refractivity contribution in [2.45, 2.75) is 44.8 Å². The first-order chi connectivity index (χ1) is 9.11. The molecule has 0 spiro atoms. The molecule has 106 valence electrons. The molecule has 1 aliphatic rings. The first kappa shape index (κ1) is 14.2. The molecule has 1 heterocycles. The number of benzene rings is 1. The van der Waals surface area contributed by atoms with Crippen molar-refractivity contribution in [2.24, 2.45) is 5.73 Å². The lowest BCUT2D eigenvalue weighted by Gasteiger charge is -2.38. The van der Waals surface area contributed by atoms with E-state index >= 15 is 0 Å². The molecule has 0 amide bonds. The maximum atomic E-state index is 9.83. The Balaban J connectivity index is 2.08. The average molecular weight is 264 g/mol. The minimum Gasteiger partial charge on any atom is -0.504 e. The predicted molar refractivity (Wildman–Crippen MR) is 76.4 cm³/mol. The largest absolute Gasteiger partial charge is 0.504 e. The molecule has 4 heteroatoms. The number of nitrogens with zero attached hydrogens (tertiary/aromatic N) is 1. The van der Waals surface area contributed by atoms with E-state index in [1.165, 1.54) is 19.3 Å². The van der Waals surface area contributed by atoms with Crippen molar-refractivity contribution in [3.63, 3.8) is 0 Å². The molecule has 1 saturated heterocycles. The first-order valence-corrected chi connectivity index (χ1v) is 6.97. The number of phenols is 1. The molecule has 1 fully saturated rings. The summed E-state index contributed by atoms with van der Waals surface area (Å²) in [6, 6.07) is 6.23. The van der Waals surface area contributed by atoms with E-state index in [0.717, 1.165) is 18.7 Å². The average Bonchev–Trinajstić information content (AvgIpc) is 2.39. The van der Waals surface area contributed by atoms with Crippen LogP contribution in [0.3, 0.4) is 0 Å². The first-order valence-electron chi connectivity index (χ1n) is 6.97. The molecule has 3 N–H and O–H groups in total. The maximum absolute atomic E-state index is 9.83. The van der Waals surface area contributed by atoms with Crippen LogP contribution in [0.4, 0.5) is 0 Å². The second-order valence-electron chi connectivity index (χ2n) is 5.40. The zero-order valence-corrected chi connectivity index (χ0v) is 11.8. The van der Waals surface area contributed by atoms with Gasteiger partial charge in [0, 0.05) is 18.6 Å². The number of likely N-dealkylation sites (tertiary alicyclic amines) is 1. The Morgan fingerprint density at radius 3 is 2.89 bits per heavy atom. The summed E-state index contributed by atoms with van der Waals surface area (Å²) in [6.07, 6.45) is 3.65. The number of piperidine rings is 1. The zero-order valence-electron chi connectivity index (χ0n) is 11.8. The smallest absolute Gasteiger partial charge is 0.160 e. The second-order valence-corrected chi connectivity index (χ2v) is 5.40. The highest BCUT2D eigenvalue weighted by Crippen LogP contribution is 2.28. The molecule has 2 rings (SSSR count). The van der Waals surface area contributed by atoms with Crippen LogP contribution in [0.5, 0.6) is 11.5 Å². The van der Waals surface area contributed by atoms with Gasteiger partial charge in [0.25, 0.3) is 0 Å². The summed E-state index contributed by atoms with van der Waals surface area (Å²) in [5.41, 5.74) is 7.18. The number of aromatic hydroxyl groups is 1. The number of phenolic OH excluding ortho intramolecular Hbond substituents is 1. The van der Waals surface area contributed by atoms with Gasteiger partial charge in [-0.05, 0) is 44.0 Å². The Labute approximate surface area is 115 Å². The number of hydrogen-bond donors (Lipinski definition) is 2. The van der Waals surface area contributed by atoms with Gasteiger partial charge < -0.3 is 15.6 Å². The molecule has 1 aromatic rings. The third-order valence-electron chi connectivity index (χ3n) is 3.90. The van der Waals surface area contributed by atoms with Crippen LogP contribution >= 0.6 is 0 Å². The lowest BCUT2D eigenvalue weighted by Crippen LogP contribution is -2.48. The fourth-order valence-electron chi connectivity index (χ4n) is 2.88. The lowest BCUT2D eigenvalue weighted by atomic mass is 9.96. The summed E-state index contributed by atoms with van der Waals surface area (Å²) in [5, 5.41) is 9.83. The van der Waals surface area contributed by atoms with Crippen LogP contribution in [-0.2, 0) is 6.54 Å². The summed E-state index contributed by atoms with van der Waals surface area (Å²) in [4.78, 5) is 2.43. The van der Waals surface area contributed by atoms with Gasteiger partial charge >= 0.3 is 0 Å². The van der Waals surface area contributed by atoms with Crippen LogP contribution in [0.25, 0.3) is 0 Å². The summed E-state index contributed by atoms with van der Waals surface area (Å²) in [5.74, 6) is 0.723. The Hall–Kier alpha value is -1.26. The van der Waals surface area contributed by atoms with E-state index in [-0.39, 0.29) is 11.8 Å². The van der Waals surface area contributed by atoms with E-state index in [4.69, 9.17) is 10.5 Å². The van der Waals surface area contributed by atoms with Gasteiger partial charge in [-0.3, -0.25) is 4.90 Å². The van der Waals surface area contributed by atoms with E-state index in [2.05, 4.69) is 11.8 Å². The van der Waals surface area contributed by atoms with Gasteiger partial charge in [-0.1, -0.05) is 12.5 Å². The van der Waals surface area contributed by atoms with Crippen molar-refractivity contribution in [3.05, 3.63) is 23.8 Å². The normalized spacial score (nSPS) is 22.2. The highest BCUT2D eigenvalue weighted by atomic mass is 16.5. The molecular formula is C15H24N2O2. The molecule has 1 aliphatic heterocycles. The van der Waals surface area contributed by atoms with E-state index in [1.807, 2.05) is 12.1 Å². The van der Waals surface area contributed by atoms with Gasteiger partial charge in [0.1, 0.15) is 0 Å². The molecule has 1 aromatic carbocycles. The highest BCUT2D eigenvalue weighted by Gasteiger charge is 2.25. The summed E-state index contributed by atoms with van der Waals surface area (Å²) < 4.78 is 5.07. The van der Waals surface area contributed by atoms with Gasteiger partial charge in [0.2, 0.25) is 0 Å². The predicted octanol–water partition coefficient (Wildman–Crippen LogP) is 2.10. The minimum absolute atomic E-state index is 0.187. The highest BCUT2D eigenvalue weighted by molar-refractivity contribution is 5.41. The molecule has 0 radical (unpaired) electrons. The number of nitrogens with two attached hydrogens (primary N) is 1. The van der Waals surface area contributed by atoms with Crippen molar-refractivity contribution in [2.75, 3.05) is 13.7 Å². The van der Waals surface area contributed by atoms with Crippen molar-refractivity contribution < 1.29 is 9.84 Å². The molecule has 2 unspecified atom stereocenters. The van der Waals surface area contributed by atoms with Gasteiger partial charge in [-0.25, -0.2) is 0 Å². The molecule has 2 atom stereocenters. The van der Waals surface area contributed by atoms with Crippen molar-refractivity contribution in [1.82, 2.24) is 4.90 Å². The molecular weight excluding hydrogens is 240 g/mol. The quantitative estimate of drug-likeness (QED) is 0.874. The Morgan fingerprint density at radius 1 is 1.47 bits per heavy atom.